The zero-order chi connectivity index (χ0) is 24.2. The molecule has 0 spiro atoms. The minimum Gasteiger partial charge on any atom is -0.341 e. The fourth-order valence-corrected chi connectivity index (χ4v) is 5.23. The molecule has 1 aliphatic rings. The summed E-state index contributed by atoms with van der Waals surface area (Å²) in [6.07, 6.45) is 1.72. The molecular formula is C30H19FN4O. The molecule has 5 nitrogen and oxygen atoms in total. The zero-order valence-electron chi connectivity index (χ0n) is 19.0. The van der Waals surface area contributed by atoms with E-state index in [0.717, 1.165) is 38.7 Å². The number of carbonyl (C=O) groups excluding carboxylic acids is 1. The summed E-state index contributed by atoms with van der Waals surface area (Å²) in [6.45, 7) is 0. The SMILES string of the molecule is O=C(NC1c2ccccc2-c2c(-c3nc4ccc(F)cc4[nH]3)cccc21)c1cccc2ncccc12. The number of nitrogens with one attached hydrogen (secondary N) is 2. The quantitative estimate of drug-likeness (QED) is 0.314. The standard InChI is InChI=1S/C30H19FN4O/c31-17-13-14-25-26(16-17)34-29(33-25)23-10-3-9-22-27(23)19-6-1-2-7-20(19)28(22)35-30(36)21-8-4-12-24-18(21)11-5-15-32-24/h1-16,28H,(H,33,34)(H,35,36). The minimum absolute atomic E-state index is 0.161. The van der Waals surface area contributed by atoms with Gasteiger partial charge in [-0.2, -0.15) is 0 Å². The van der Waals surface area contributed by atoms with Gasteiger partial charge in [0.2, 0.25) is 0 Å². The van der Waals surface area contributed by atoms with E-state index in [1.807, 2.05) is 66.7 Å². The molecule has 7 rings (SSSR count). The monoisotopic (exact) mass is 470 g/mol. The Kier molecular flexibility index (Phi) is 4.48. The van der Waals surface area contributed by atoms with E-state index in [9.17, 15) is 9.18 Å². The largest absolute Gasteiger partial charge is 0.341 e. The Bertz CT molecular complexity index is 1820. The van der Waals surface area contributed by atoms with Crippen molar-refractivity contribution >= 4 is 27.8 Å². The van der Waals surface area contributed by atoms with Crippen LogP contribution in [0.15, 0.2) is 97.2 Å². The Labute approximate surface area is 205 Å². The molecule has 1 atom stereocenters. The Hall–Kier alpha value is -4.84. The van der Waals surface area contributed by atoms with Crippen LogP contribution < -0.4 is 5.32 Å². The first-order valence-electron chi connectivity index (χ1n) is 11.7. The first kappa shape index (κ1) is 20.5. The Balaban J connectivity index is 1.35. The van der Waals surface area contributed by atoms with Crippen LogP contribution in [0.3, 0.4) is 0 Å². The highest BCUT2D eigenvalue weighted by atomic mass is 19.1. The van der Waals surface area contributed by atoms with E-state index < -0.39 is 0 Å². The molecule has 6 aromatic rings. The van der Waals surface area contributed by atoms with Gasteiger partial charge in [-0.15, -0.1) is 0 Å². The highest BCUT2D eigenvalue weighted by Gasteiger charge is 2.32. The third-order valence-electron chi connectivity index (χ3n) is 6.81. The highest BCUT2D eigenvalue weighted by Crippen LogP contribution is 2.47. The van der Waals surface area contributed by atoms with Crippen molar-refractivity contribution in [2.75, 3.05) is 0 Å². The predicted octanol–water partition coefficient (Wildman–Crippen LogP) is 6.42. The maximum atomic E-state index is 13.8. The predicted molar refractivity (Wildman–Crippen MR) is 138 cm³/mol. The van der Waals surface area contributed by atoms with Crippen LogP contribution in [0, 0.1) is 5.82 Å². The van der Waals surface area contributed by atoms with Gasteiger partial charge >= 0.3 is 0 Å². The van der Waals surface area contributed by atoms with Crippen LogP contribution >= 0.6 is 0 Å². The molecule has 6 heteroatoms. The molecule has 2 N–H and O–H groups in total. The lowest BCUT2D eigenvalue weighted by atomic mass is 9.98. The molecule has 0 fully saturated rings. The van der Waals surface area contributed by atoms with Crippen molar-refractivity contribution in [2.45, 2.75) is 6.04 Å². The number of amides is 1. The van der Waals surface area contributed by atoms with Crippen molar-refractivity contribution in [2.24, 2.45) is 0 Å². The third kappa shape index (κ3) is 3.11. The van der Waals surface area contributed by atoms with Gasteiger partial charge in [-0.1, -0.05) is 54.6 Å². The van der Waals surface area contributed by atoms with Crippen molar-refractivity contribution in [1.82, 2.24) is 20.3 Å². The number of halogens is 1. The molecule has 0 saturated heterocycles. The average Bonchev–Trinajstić information content (AvgIpc) is 3.47. The van der Waals surface area contributed by atoms with E-state index in [-0.39, 0.29) is 17.8 Å². The second kappa shape index (κ2) is 7.85. The molecule has 0 aliphatic heterocycles. The number of hydrogen-bond donors (Lipinski definition) is 2. The molecular weight excluding hydrogens is 451 g/mol. The molecule has 2 heterocycles. The van der Waals surface area contributed by atoms with Crippen LogP contribution in [-0.2, 0) is 0 Å². The van der Waals surface area contributed by atoms with Crippen molar-refractivity contribution in [3.05, 3.63) is 120 Å². The number of aromatic amines is 1. The normalized spacial score (nSPS) is 14.1. The molecule has 2 aromatic heterocycles. The van der Waals surface area contributed by atoms with E-state index in [4.69, 9.17) is 4.98 Å². The van der Waals surface area contributed by atoms with Gasteiger partial charge in [0.15, 0.2) is 0 Å². The van der Waals surface area contributed by atoms with Crippen LogP contribution in [0.2, 0.25) is 0 Å². The van der Waals surface area contributed by atoms with Gasteiger partial charge in [0.05, 0.1) is 22.6 Å². The molecule has 1 amide bonds. The van der Waals surface area contributed by atoms with Crippen LogP contribution in [0.4, 0.5) is 4.39 Å². The number of pyridine rings is 1. The average molecular weight is 471 g/mol. The molecule has 0 radical (unpaired) electrons. The number of carbonyl (C=O) groups is 1. The molecule has 0 saturated carbocycles. The fraction of sp³-hybridized carbons (Fsp3) is 0.0333. The highest BCUT2D eigenvalue weighted by molar-refractivity contribution is 6.07. The van der Waals surface area contributed by atoms with Crippen LogP contribution in [-0.4, -0.2) is 20.9 Å². The first-order chi connectivity index (χ1) is 17.7. The van der Waals surface area contributed by atoms with E-state index >= 15 is 0 Å². The van der Waals surface area contributed by atoms with Crippen LogP contribution in [0.25, 0.3) is 44.5 Å². The smallest absolute Gasteiger partial charge is 0.252 e. The number of imidazole rings is 1. The number of rotatable bonds is 3. The number of benzene rings is 4. The second-order valence-electron chi connectivity index (χ2n) is 8.89. The van der Waals surface area contributed by atoms with Crippen LogP contribution in [0.1, 0.15) is 27.5 Å². The van der Waals surface area contributed by atoms with Gasteiger partial charge in [-0.25, -0.2) is 9.37 Å². The number of aromatic nitrogens is 3. The fourth-order valence-electron chi connectivity index (χ4n) is 5.23. The van der Waals surface area contributed by atoms with Gasteiger partial charge in [-0.3, -0.25) is 9.78 Å². The Morgan fingerprint density at radius 2 is 1.67 bits per heavy atom. The van der Waals surface area contributed by atoms with Gasteiger partial charge in [0.1, 0.15) is 11.6 Å². The lowest BCUT2D eigenvalue weighted by Gasteiger charge is -2.17. The summed E-state index contributed by atoms with van der Waals surface area (Å²) < 4.78 is 13.8. The number of hydrogen-bond acceptors (Lipinski definition) is 3. The molecule has 4 aromatic carbocycles. The van der Waals surface area contributed by atoms with Crippen molar-refractivity contribution in [1.29, 1.82) is 0 Å². The van der Waals surface area contributed by atoms with E-state index in [0.29, 0.717) is 22.4 Å². The van der Waals surface area contributed by atoms with E-state index in [1.54, 1.807) is 12.3 Å². The molecule has 1 unspecified atom stereocenters. The van der Waals surface area contributed by atoms with Crippen molar-refractivity contribution < 1.29 is 9.18 Å². The second-order valence-corrected chi connectivity index (χ2v) is 8.89. The third-order valence-corrected chi connectivity index (χ3v) is 6.81. The number of fused-ring (bicyclic) bond motifs is 5. The molecule has 36 heavy (non-hydrogen) atoms. The maximum Gasteiger partial charge on any atom is 0.252 e. The summed E-state index contributed by atoms with van der Waals surface area (Å²) in [5.74, 6) is 0.188. The van der Waals surface area contributed by atoms with E-state index in [1.165, 1.54) is 12.1 Å². The lowest BCUT2D eigenvalue weighted by molar-refractivity contribution is 0.0945. The number of nitrogens with zero attached hydrogens (tertiary/aromatic N) is 2. The summed E-state index contributed by atoms with van der Waals surface area (Å²) in [7, 11) is 0. The summed E-state index contributed by atoms with van der Waals surface area (Å²) in [5.41, 5.74) is 7.68. The van der Waals surface area contributed by atoms with Gasteiger partial charge in [0, 0.05) is 22.7 Å². The van der Waals surface area contributed by atoms with Gasteiger partial charge in [-0.05, 0) is 58.7 Å². The zero-order valence-corrected chi connectivity index (χ0v) is 19.0. The topological polar surface area (TPSA) is 70.7 Å². The summed E-state index contributed by atoms with van der Waals surface area (Å²) in [4.78, 5) is 25.9. The van der Waals surface area contributed by atoms with Crippen molar-refractivity contribution in [3.63, 3.8) is 0 Å². The van der Waals surface area contributed by atoms with Crippen LogP contribution in [0.5, 0.6) is 0 Å². The maximum absolute atomic E-state index is 13.8. The molecule has 172 valence electrons. The van der Waals surface area contributed by atoms with Gasteiger partial charge in [0.25, 0.3) is 5.91 Å². The molecule has 0 bridgehead atoms. The number of H-pyrrole nitrogens is 1. The Morgan fingerprint density at radius 3 is 2.61 bits per heavy atom. The first-order valence-corrected chi connectivity index (χ1v) is 11.7. The summed E-state index contributed by atoms with van der Waals surface area (Å²) >= 11 is 0. The minimum atomic E-state index is -0.322. The molecule has 1 aliphatic carbocycles. The van der Waals surface area contributed by atoms with E-state index in [2.05, 4.69) is 21.4 Å². The van der Waals surface area contributed by atoms with Gasteiger partial charge < -0.3 is 10.3 Å². The summed E-state index contributed by atoms with van der Waals surface area (Å²) in [6, 6.07) is 27.6. The Morgan fingerprint density at radius 1 is 0.833 bits per heavy atom. The summed E-state index contributed by atoms with van der Waals surface area (Å²) in [5, 5.41) is 4.08. The van der Waals surface area contributed by atoms with Crippen molar-refractivity contribution in [3.8, 4) is 22.5 Å². The lowest BCUT2D eigenvalue weighted by Crippen LogP contribution is -2.28.